The summed E-state index contributed by atoms with van der Waals surface area (Å²) in [4.78, 5) is 12.6. The molecule has 28 heavy (non-hydrogen) atoms. The molecule has 3 aromatic rings. The summed E-state index contributed by atoms with van der Waals surface area (Å²) in [5.74, 6) is 1.83. The van der Waals surface area contributed by atoms with Crippen molar-refractivity contribution in [2.75, 3.05) is 44.7 Å². The molecule has 0 saturated carbocycles. The Labute approximate surface area is 171 Å². The first-order chi connectivity index (χ1) is 13.7. The predicted octanol–water partition coefficient (Wildman–Crippen LogP) is 4.37. The lowest BCUT2D eigenvalue weighted by Gasteiger charge is -2.35. The lowest BCUT2D eigenvalue weighted by atomic mass is 10.1. The smallest absolute Gasteiger partial charge is 0.147 e. The van der Waals surface area contributed by atoms with Gasteiger partial charge in [0.2, 0.25) is 0 Å². The van der Waals surface area contributed by atoms with Crippen molar-refractivity contribution >= 4 is 28.3 Å². The highest BCUT2D eigenvalue weighted by Crippen LogP contribution is 2.25. The highest BCUT2D eigenvalue weighted by molar-refractivity contribution is 6.32. The van der Waals surface area contributed by atoms with Crippen molar-refractivity contribution in [3.8, 4) is 5.75 Å². The minimum absolute atomic E-state index is 0.742. The first-order valence-electron chi connectivity index (χ1n) is 9.96. The maximum atomic E-state index is 6.28. The lowest BCUT2D eigenvalue weighted by molar-refractivity contribution is 0.252. The average molecular weight is 399 g/mol. The molecule has 0 unspecified atom stereocenters. The number of pyridine rings is 1. The van der Waals surface area contributed by atoms with Gasteiger partial charge in [-0.25, -0.2) is 4.98 Å². The number of fused-ring (bicyclic) bond motifs is 1. The van der Waals surface area contributed by atoms with E-state index in [4.69, 9.17) is 16.3 Å². The zero-order valence-electron chi connectivity index (χ0n) is 16.3. The highest BCUT2D eigenvalue weighted by atomic mass is 35.5. The van der Waals surface area contributed by atoms with Crippen LogP contribution in [0.15, 0.2) is 42.7 Å². The Kier molecular flexibility index (Phi) is 6.03. The molecule has 0 bridgehead atoms. The second kappa shape index (κ2) is 8.84. The summed E-state index contributed by atoms with van der Waals surface area (Å²) < 4.78 is 5.36. The van der Waals surface area contributed by atoms with Crippen LogP contribution < -0.4 is 9.64 Å². The van der Waals surface area contributed by atoms with Crippen LogP contribution >= 0.6 is 11.6 Å². The third-order valence-corrected chi connectivity index (χ3v) is 5.85. The molecule has 1 fully saturated rings. The van der Waals surface area contributed by atoms with Gasteiger partial charge in [0, 0.05) is 49.5 Å². The monoisotopic (exact) mass is 398 g/mol. The van der Waals surface area contributed by atoms with Gasteiger partial charge < -0.3 is 14.6 Å². The number of hydrogen-bond donors (Lipinski definition) is 1. The number of halogens is 1. The molecule has 1 aliphatic heterocycles. The van der Waals surface area contributed by atoms with Gasteiger partial charge in [0.15, 0.2) is 0 Å². The Morgan fingerprint density at radius 3 is 2.79 bits per heavy atom. The maximum Gasteiger partial charge on any atom is 0.147 e. The van der Waals surface area contributed by atoms with Crippen molar-refractivity contribution in [2.45, 2.75) is 19.3 Å². The van der Waals surface area contributed by atoms with Crippen LogP contribution in [-0.4, -0.2) is 54.7 Å². The number of methoxy groups -OCH3 is 1. The number of unbranched alkanes of at least 4 members (excludes halogenated alkanes) is 1. The normalized spacial score (nSPS) is 15.3. The largest absolute Gasteiger partial charge is 0.497 e. The Balaban J connectivity index is 1.23. The summed E-state index contributed by atoms with van der Waals surface area (Å²) in [6.45, 7) is 5.25. The Bertz CT molecular complexity index is 918. The molecule has 0 atom stereocenters. The van der Waals surface area contributed by atoms with E-state index in [-0.39, 0.29) is 0 Å². The summed E-state index contributed by atoms with van der Waals surface area (Å²) in [7, 11) is 1.72. The fraction of sp³-hybridized carbons (Fsp3) is 0.409. The average Bonchev–Trinajstić information content (AvgIpc) is 3.14. The summed E-state index contributed by atoms with van der Waals surface area (Å²) in [6, 6.07) is 10.0. The number of nitrogens with zero attached hydrogens (tertiary/aromatic N) is 3. The van der Waals surface area contributed by atoms with Crippen LogP contribution in [0.5, 0.6) is 5.75 Å². The maximum absolute atomic E-state index is 6.28. The van der Waals surface area contributed by atoms with E-state index in [1.54, 1.807) is 7.11 Å². The summed E-state index contributed by atoms with van der Waals surface area (Å²) in [5, 5.41) is 2.02. The van der Waals surface area contributed by atoms with E-state index in [2.05, 4.69) is 38.1 Å². The second-order valence-electron chi connectivity index (χ2n) is 7.32. The zero-order chi connectivity index (χ0) is 19.3. The molecule has 0 amide bonds. The first-order valence-corrected chi connectivity index (χ1v) is 10.3. The van der Waals surface area contributed by atoms with Gasteiger partial charge in [-0.2, -0.15) is 0 Å². The minimum atomic E-state index is 0.742. The first kappa shape index (κ1) is 19.1. The number of aromatic nitrogens is 2. The molecule has 0 radical (unpaired) electrons. The topological polar surface area (TPSA) is 44.4 Å². The third kappa shape index (κ3) is 4.26. The van der Waals surface area contributed by atoms with Gasteiger partial charge in [0.1, 0.15) is 11.6 Å². The van der Waals surface area contributed by atoms with E-state index in [1.807, 2.05) is 24.4 Å². The van der Waals surface area contributed by atoms with Crippen molar-refractivity contribution in [1.29, 1.82) is 0 Å². The molecule has 2 aromatic heterocycles. The Morgan fingerprint density at radius 2 is 2.00 bits per heavy atom. The van der Waals surface area contributed by atoms with Crippen LogP contribution in [0.4, 0.5) is 5.82 Å². The van der Waals surface area contributed by atoms with E-state index in [0.29, 0.717) is 0 Å². The van der Waals surface area contributed by atoms with Crippen molar-refractivity contribution < 1.29 is 4.74 Å². The minimum Gasteiger partial charge on any atom is -0.497 e. The van der Waals surface area contributed by atoms with Crippen LogP contribution in [0.3, 0.4) is 0 Å². The van der Waals surface area contributed by atoms with E-state index in [1.165, 1.54) is 29.3 Å². The number of aryl methyl sites for hydroxylation is 1. The second-order valence-corrected chi connectivity index (χ2v) is 7.73. The van der Waals surface area contributed by atoms with E-state index in [9.17, 15) is 0 Å². The molecular formula is C22H27ClN4O. The molecule has 0 aliphatic carbocycles. The van der Waals surface area contributed by atoms with Crippen molar-refractivity contribution in [1.82, 2.24) is 14.9 Å². The Hall–Kier alpha value is -2.24. The fourth-order valence-corrected chi connectivity index (χ4v) is 4.18. The van der Waals surface area contributed by atoms with Gasteiger partial charge >= 0.3 is 0 Å². The van der Waals surface area contributed by atoms with Crippen LogP contribution in [0.1, 0.15) is 18.4 Å². The van der Waals surface area contributed by atoms with Gasteiger partial charge in [-0.15, -0.1) is 0 Å². The number of ether oxygens (including phenoxy) is 1. The summed E-state index contributed by atoms with van der Waals surface area (Å²) in [6.07, 6.45) is 7.45. The number of nitrogens with one attached hydrogen (secondary N) is 1. The van der Waals surface area contributed by atoms with E-state index < -0.39 is 0 Å². The van der Waals surface area contributed by atoms with Gasteiger partial charge in [-0.3, -0.25) is 4.90 Å². The number of H-pyrrole nitrogens is 1. The lowest BCUT2D eigenvalue weighted by Crippen LogP contribution is -2.47. The third-order valence-electron chi connectivity index (χ3n) is 5.56. The van der Waals surface area contributed by atoms with Crippen molar-refractivity contribution in [3.05, 3.63) is 53.3 Å². The molecular weight excluding hydrogens is 372 g/mol. The van der Waals surface area contributed by atoms with Crippen LogP contribution in [0.25, 0.3) is 10.9 Å². The molecule has 5 nitrogen and oxygen atoms in total. The number of benzene rings is 1. The molecule has 1 aliphatic rings. The SMILES string of the molecule is COc1ccc2[nH]cc(CCCCN3CCN(c4ncccc4Cl)CC3)c2c1. The zero-order valence-corrected chi connectivity index (χ0v) is 17.1. The molecule has 6 heteroatoms. The van der Waals surface area contributed by atoms with Gasteiger partial charge in [0.05, 0.1) is 12.1 Å². The molecule has 148 valence electrons. The number of aromatic amines is 1. The van der Waals surface area contributed by atoms with Crippen molar-refractivity contribution in [3.63, 3.8) is 0 Å². The van der Waals surface area contributed by atoms with Crippen LogP contribution in [0.2, 0.25) is 5.02 Å². The highest BCUT2D eigenvalue weighted by Gasteiger charge is 2.19. The van der Waals surface area contributed by atoms with Crippen LogP contribution in [0, 0.1) is 0 Å². The fourth-order valence-electron chi connectivity index (χ4n) is 3.94. The molecule has 3 heterocycles. The van der Waals surface area contributed by atoms with E-state index >= 15 is 0 Å². The summed E-state index contributed by atoms with van der Waals surface area (Å²) >= 11 is 6.28. The molecule has 0 spiro atoms. The van der Waals surface area contributed by atoms with Gasteiger partial charge in [0.25, 0.3) is 0 Å². The molecule has 4 rings (SSSR count). The van der Waals surface area contributed by atoms with Gasteiger partial charge in [-0.05, 0) is 61.7 Å². The standard InChI is InChI=1S/C22H27ClN4O/c1-28-18-7-8-21-19(15-18)17(16-25-21)5-2-3-10-26-11-13-27(14-12-26)22-20(23)6-4-9-24-22/h4,6-9,15-16,25H,2-3,5,10-14H2,1H3. The number of anilines is 1. The molecule has 1 saturated heterocycles. The quantitative estimate of drug-likeness (QED) is 0.600. The number of piperazine rings is 1. The van der Waals surface area contributed by atoms with E-state index in [0.717, 1.165) is 55.7 Å². The van der Waals surface area contributed by atoms with Crippen molar-refractivity contribution in [2.24, 2.45) is 0 Å². The van der Waals surface area contributed by atoms with Crippen LogP contribution in [-0.2, 0) is 6.42 Å². The number of hydrogen-bond acceptors (Lipinski definition) is 4. The number of rotatable bonds is 7. The summed E-state index contributed by atoms with van der Waals surface area (Å²) in [5.41, 5.74) is 2.56. The Morgan fingerprint density at radius 1 is 1.14 bits per heavy atom. The van der Waals surface area contributed by atoms with Gasteiger partial charge in [-0.1, -0.05) is 11.6 Å². The predicted molar refractivity (Wildman–Crippen MR) is 116 cm³/mol. The molecule has 1 N–H and O–H groups in total. The molecule has 1 aromatic carbocycles.